The molecule has 0 amide bonds. The fourth-order valence-corrected chi connectivity index (χ4v) is 4.39. The molecule has 2 N–H and O–H groups in total. The van der Waals surface area contributed by atoms with Gasteiger partial charge in [0, 0.05) is 18.1 Å². The van der Waals surface area contributed by atoms with E-state index in [4.69, 9.17) is 5.73 Å². The largest absolute Gasteiger partial charge is 0.328 e. The van der Waals surface area contributed by atoms with Crippen molar-refractivity contribution in [2.75, 3.05) is 7.05 Å². The summed E-state index contributed by atoms with van der Waals surface area (Å²) < 4.78 is 0. The smallest absolute Gasteiger partial charge is 0.0128 e. The lowest BCUT2D eigenvalue weighted by Crippen LogP contribution is -2.50. The van der Waals surface area contributed by atoms with Crippen LogP contribution in [0.1, 0.15) is 72.1 Å². The van der Waals surface area contributed by atoms with Crippen LogP contribution in [0.25, 0.3) is 0 Å². The van der Waals surface area contributed by atoms with Gasteiger partial charge in [-0.1, -0.05) is 33.6 Å². The third-order valence-electron chi connectivity index (χ3n) is 5.68. The molecule has 0 heterocycles. The van der Waals surface area contributed by atoms with Crippen LogP contribution < -0.4 is 5.73 Å². The molecule has 2 aliphatic rings. The maximum absolute atomic E-state index is 6.05. The molecular formula is C17H34N2. The van der Waals surface area contributed by atoms with E-state index in [1.54, 1.807) is 0 Å². The van der Waals surface area contributed by atoms with Crippen molar-refractivity contribution in [3.63, 3.8) is 0 Å². The van der Waals surface area contributed by atoms with E-state index in [2.05, 4.69) is 32.7 Å². The van der Waals surface area contributed by atoms with Crippen LogP contribution in [0, 0.1) is 11.3 Å². The summed E-state index contributed by atoms with van der Waals surface area (Å²) in [6.45, 7) is 7.29. The molecule has 2 fully saturated rings. The van der Waals surface area contributed by atoms with E-state index < -0.39 is 0 Å². The summed E-state index contributed by atoms with van der Waals surface area (Å²) in [6.07, 6.45) is 10.8. The average Bonchev–Trinajstić information content (AvgIpc) is 2.38. The second-order valence-corrected chi connectivity index (χ2v) is 8.06. The van der Waals surface area contributed by atoms with Crippen molar-refractivity contribution >= 4 is 0 Å². The summed E-state index contributed by atoms with van der Waals surface area (Å²) in [7, 11) is 2.39. The zero-order valence-corrected chi connectivity index (χ0v) is 13.5. The van der Waals surface area contributed by atoms with Crippen molar-refractivity contribution < 1.29 is 0 Å². The van der Waals surface area contributed by atoms with E-state index in [1.807, 2.05) is 0 Å². The first-order valence-corrected chi connectivity index (χ1v) is 8.37. The van der Waals surface area contributed by atoms with Crippen molar-refractivity contribution in [3.05, 3.63) is 0 Å². The minimum absolute atomic E-state index is 0.449. The van der Waals surface area contributed by atoms with E-state index in [9.17, 15) is 0 Å². The first kappa shape index (κ1) is 15.3. The molecular weight excluding hydrogens is 232 g/mol. The van der Waals surface area contributed by atoms with Gasteiger partial charge in [0.15, 0.2) is 0 Å². The van der Waals surface area contributed by atoms with Gasteiger partial charge in [0.25, 0.3) is 0 Å². The first-order valence-electron chi connectivity index (χ1n) is 8.37. The van der Waals surface area contributed by atoms with Gasteiger partial charge in [-0.25, -0.2) is 0 Å². The molecule has 0 aromatic rings. The van der Waals surface area contributed by atoms with Crippen molar-refractivity contribution in [1.82, 2.24) is 4.90 Å². The predicted octanol–water partition coefficient (Wildman–Crippen LogP) is 3.79. The van der Waals surface area contributed by atoms with E-state index in [1.165, 1.54) is 51.4 Å². The molecule has 2 nitrogen and oxygen atoms in total. The zero-order chi connectivity index (χ0) is 14.0. The quantitative estimate of drug-likeness (QED) is 0.824. The van der Waals surface area contributed by atoms with Crippen LogP contribution >= 0.6 is 0 Å². The van der Waals surface area contributed by atoms with Crippen LogP contribution in [-0.4, -0.2) is 30.1 Å². The molecule has 112 valence electrons. The summed E-state index contributed by atoms with van der Waals surface area (Å²) in [5, 5.41) is 0. The Bertz CT molecular complexity index is 273. The van der Waals surface area contributed by atoms with E-state index >= 15 is 0 Å². The summed E-state index contributed by atoms with van der Waals surface area (Å²) in [6, 6.07) is 2.05. The summed E-state index contributed by atoms with van der Waals surface area (Å²) in [5.74, 6) is 0.863. The highest BCUT2D eigenvalue weighted by Crippen LogP contribution is 2.41. The molecule has 2 aliphatic carbocycles. The Morgan fingerprint density at radius 3 is 2.05 bits per heavy atom. The third kappa shape index (κ3) is 3.72. The van der Waals surface area contributed by atoms with E-state index in [0.29, 0.717) is 11.5 Å². The fourth-order valence-electron chi connectivity index (χ4n) is 4.39. The highest BCUT2D eigenvalue weighted by Gasteiger charge is 2.38. The van der Waals surface area contributed by atoms with Gasteiger partial charge in [-0.05, 0) is 56.9 Å². The second kappa shape index (κ2) is 6.13. The summed E-state index contributed by atoms with van der Waals surface area (Å²) >= 11 is 0. The molecule has 0 aromatic carbocycles. The van der Waals surface area contributed by atoms with Crippen molar-refractivity contribution in [2.24, 2.45) is 17.1 Å². The Kier molecular flexibility index (Phi) is 4.94. The Labute approximate surface area is 120 Å². The Morgan fingerprint density at radius 2 is 1.47 bits per heavy atom. The Balaban J connectivity index is 2.01. The minimum Gasteiger partial charge on any atom is -0.328 e. The first-order chi connectivity index (χ1) is 8.89. The van der Waals surface area contributed by atoms with Crippen LogP contribution in [0.5, 0.6) is 0 Å². The molecule has 2 heteroatoms. The third-order valence-corrected chi connectivity index (χ3v) is 5.68. The highest BCUT2D eigenvalue weighted by molar-refractivity contribution is 4.92. The number of nitrogens with zero attached hydrogens (tertiary/aromatic N) is 1. The van der Waals surface area contributed by atoms with Crippen molar-refractivity contribution in [1.29, 1.82) is 0 Å². The summed E-state index contributed by atoms with van der Waals surface area (Å²) in [5.41, 5.74) is 6.50. The van der Waals surface area contributed by atoms with Gasteiger partial charge >= 0.3 is 0 Å². The van der Waals surface area contributed by atoms with Crippen LogP contribution in [0.15, 0.2) is 0 Å². The number of hydrogen-bond donors (Lipinski definition) is 1. The second-order valence-electron chi connectivity index (χ2n) is 8.06. The maximum Gasteiger partial charge on any atom is 0.0128 e. The lowest BCUT2D eigenvalue weighted by Gasteiger charge is -2.48. The van der Waals surface area contributed by atoms with Crippen LogP contribution in [0.4, 0.5) is 0 Å². The van der Waals surface area contributed by atoms with Crippen LogP contribution in [0.3, 0.4) is 0 Å². The molecule has 2 atom stereocenters. The van der Waals surface area contributed by atoms with Gasteiger partial charge < -0.3 is 10.6 Å². The standard InChI is InChI=1S/C17H34N2/c1-17(2,3)15-7-5-6-8-16(15)19(4)14-11-9-13(18)10-12-14/h13-16H,5-12,18H2,1-4H3. The topological polar surface area (TPSA) is 29.3 Å². The van der Waals surface area contributed by atoms with Gasteiger partial charge in [0.05, 0.1) is 0 Å². The molecule has 0 aliphatic heterocycles. The van der Waals surface area contributed by atoms with E-state index in [-0.39, 0.29) is 0 Å². The predicted molar refractivity (Wildman–Crippen MR) is 83.2 cm³/mol. The molecule has 0 bridgehead atoms. The minimum atomic E-state index is 0.449. The zero-order valence-electron chi connectivity index (χ0n) is 13.5. The molecule has 0 saturated heterocycles. The molecule has 0 radical (unpaired) electrons. The van der Waals surface area contributed by atoms with Gasteiger partial charge in [0.1, 0.15) is 0 Å². The summed E-state index contributed by atoms with van der Waals surface area (Å²) in [4.78, 5) is 2.74. The van der Waals surface area contributed by atoms with Gasteiger partial charge in [-0.3, -0.25) is 0 Å². The molecule has 2 saturated carbocycles. The average molecular weight is 266 g/mol. The molecule has 2 rings (SSSR count). The molecule has 19 heavy (non-hydrogen) atoms. The lowest BCUT2D eigenvalue weighted by molar-refractivity contribution is 0.0212. The van der Waals surface area contributed by atoms with E-state index in [0.717, 1.165) is 18.0 Å². The fraction of sp³-hybridized carbons (Fsp3) is 1.00. The maximum atomic E-state index is 6.05. The Hall–Kier alpha value is -0.0800. The highest BCUT2D eigenvalue weighted by atomic mass is 15.2. The SMILES string of the molecule is CN(C1CCC(N)CC1)C1CCCCC1C(C)(C)C. The molecule has 2 unspecified atom stereocenters. The van der Waals surface area contributed by atoms with Gasteiger partial charge in [-0.2, -0.15) is 0 Å². The lowest BCUT2D eigenvalue weighted by atomic mass is 9.68. The van der Waals surface area contributed by atoms with Gasteiger partial charge in [0.2, 0.25) is 0 Å². The molecule has 0 aromatic heterocycles. The van der Waals surface area contributed by atoms with Crippen molar-refractivity contribution in [2.45, 2.75) is 90.3 Å². The van der Waals surface area contributed by atoms with Crippen LogP contribution in [-0.2, 0) is 0 Å². The van der Waals surface area contributed by atoms with Crippen molar-refractivity contribution in [3.8, 4) is 0 Å². The Morgan fingerprint density at radius 1 is 0.895 bits per heavy atom. The number of hydrogen-bond acceptors (Lipinski definition) is 2. The van der Waals surface area contributed by atoms with Crippen LogP contribution in [0.2, 0.25) is 0 Å². The number of rotatable bonds is 2. The molecule has 0 spiro atoms. The normalized spacial score (nSPS) is 37.6. The number of nitrogens with two attached hydrogens (primary N) is 1. The monoisotopic (exact) mass is 266 g/mol. The van der Waals surface area contributed by atoms with Gasteiger partial charge in [-0.15, -0.1) is 0 Å².